The van der Waals surface area contributed by atoms with Crippen LogP contribution in [0.15, 0.2) is 36.4 Å². The van der Waals surface area contributed by atoms with Crippen LogP contribution in [0.1, 0.15) is 55.9 Å². The number of anilines is 2. The largest absolute Gasteiger partial charge is 0.573 e. The van der Waals surface area contributed by atoms with Crippen molar-refractivity contribution in [3.8, 4) is 5.75 Å². The summed E-state index contributed by atoms with van der Waals surface area (Å²) in [6.45, 7) is 3.98. The maximum atomic E-state index is 15.3. The fourth-order valence-electron chi connectivity index (χ4n) is 5.02. The molecule has 39 heavy (non-hydrogen) atoms. The highest BCUT2D eigenvalue weighted by Gasteiger charge is 2.33. The van der Waals surface area contributed by atoms with Crippen LogP contribution < -0.4 is 10.1 Å². The first-order valence-electron chi connectivity index (χ1n) is 12.4. The smallest absolute Gasteiger partial charge is 0.468 e. The van der Waals surface area contributed by atoms with Gasteiger partial charge in [0.05, 0.1) is 23.7 Å². The molecule has 8 nitrogen and oxygen atoms in total. The Labute approximate surface area is 222 Å². The van der Waals surface area contributed by atoms with Crippen molar-refractivity contribution in [3.05, 3.63) is 47.8 Å². The zero-order valence-electron chi connectivity index (χ0n) is 22.1. The second-order valence-corrected chi connectivity index (χ2v) is 10.5. The first kappa shape index (κ1) is 28.2. The predicted molar refractivity (Wildman–Crippen MR) is 136 cm³/mol. The Morgan fingerprint density at radius 2 is 1.90 bits per heavy atom. The minimum atomic E-state index is -4.80. The lowest BCUT2D eigenvalue weighted by Crippen LogP contribution is -2.33. The van der Waals surface area contributed by atoms with E-state index in [9.17, 15) is 22.8 Å². The SMILES string of the molecule is COC(=O)CN(C)C(=O)c1cc2nc(Nc3ccc(OC(F)(F)F)cc3)n([C@H]3CCCC(C)(C)C3)c2cc1F. The van der Waals surface area contributed by atoms with Crippen LogP contribution in [0.2, 0.25) is 0 Å². The first-order chi connectivity index (χ1) is 18.3. The maximum absolute atomic E-state index is 15.3. The van der Waals surface area contributed by atoms with E-state index in [1.807, 2.05) is 4.57 Å². The van der Waals surface area contributed by atoms with Gasteiger partial charge >= 0.3 is 12.3 Å². The van der Waals surface area contributed by atoms with Crippen molar-refractivity contribution in [2.24, 2.45) is 5.41 Å². The zero-order valence-corrected chi connectivity index (χ0v) is 22.1. The number of fused-ring (bicyclic) bond motifs is 1. The molecule has 1 amide bonds. The minimum absolute atomic E-state index is 0.0305. The molecule has 0 aliphatic heterocycles. The summed E-state index contributed by atoms with van der Waals surface area (Å²) < 4.78 is 63.4. The van der Waals surface area contributed by atoms with Gasteiger partial charge in [0, 0.05) is 24.8 Å². The molecule has 1 aliphatic carbocycles. The van der Waals surface area contributed by atoms with Gasteiger partial charge in [0.2, 0.25) is 5.95 Å². The average Bonchev–Trinajstić information content (AvgIpc) is 3.19. The average molecular weight is 551 g/mol. The molecule has 1 saturated carbocycles. The summed E-state index contributed by atoms with van der Waals surface area (Å²) in [5, 5.41) is 3.14. The Balaban J connectivity index is 1.74. The van der Waals surface area contributed by atoms with Crippen LogP contribution in [-0.4, -0.2) is 53.4 Å². The molecule has 3 aromatic rings. The van der Waals surface area contributed by atoms with E-state index in [0.29, 0.717) is 22.7 Å². The van der Waals surface area contributed by atoms with E-state index < -0.39 is 24.1 Å². The molecule has 0 saturated heterocycles. The van der Waals surface area contributed by atoms with Gasteiger partial charge in [0.25, 0.3) is 5.91 Å². The van der Waals surface area contributed by atoms with Gasteiger partial charge in [-0.05, 0) is 55.0 Å². The molecule has 210 valence electrons. The highest BCUT2D eigenvalue weighted by Crippen LogP contribution is 2.44. The third-order valence-corrected chi connectivity index (χ3v) is 6.84. The fourth-order valence-corrected chi connectivity index (χ4v) is 5.02. The second-order valence-electron chi connectivity index (χ2n) is 10.5. The summed E-state index contributed by atoms with van der Waals surface area (Å²) >= 11 is 0. The van der Waals surface area contributed by atoms with E-state index in [0.717, 1.165) is 30.6 Å². The molecular weight excluding hydrogens is 520 g/mol. The van der Waals surface area contributed by atoms with Gasteiger partial charge in [-0.2, -0.15) is 0 Å². The number of carbonyl (C=O) groups is 2. The van der Waals surface area contributed by atoms with Crippen LogP contribution in [0, 0.1) is 11.2 Å². The second kappa shape index (κ2) is 10.7. The number of hydrogen-bond acceptors (Lipinski definition) is 6. The van der Waals surface area contributed by atoms with Crippen molar-refractivity contribution in [2.45, 2.75) is 51.9 Å². The molecule has 2 aromatic carbocycles. The third-order valence-electron chi connectivity index (χ3n) is 6.84. The first-order valence-corrected chi connectivity index (χ1v) is 12.4. The van der Waals surface area contributed by atoms with E-state index in [1.165, 1.54) is 50.6 Å². The lowest BCUT2D eigenvalue weighted by Gasteiger charge is -2.36. The number of benzene rings is 2. The summed E-state index contributed by atoms with van der Waals surface area (Å²) in [7, 11) is 2.56. The summed E-state index contributed by atoms with van der Waals surface area (Å²) in [4.78, 5) is 30.2. The van der Waals surface area contributed by atoms with E-state index in [4.69, 9.17) is 0 Å². The summed E-state index contributed by atoms with van der Waals surface area (Å²) in [5.74, 6) is -2.11. The van der Waals surface area contributed by atoms with E-state index in [-0.39, 0.29) is 29.3 Å². The van der Waals surface area contributed by atoms with Gasteiger partial charge in [-0.15, -0.1) is 13.2 Å². The number of halogens is 4. The number of methoxy groups -OCH3 is 1. The van der Waals surface area contributed by atoms with Crippen molar-refractivity contribution in [1.82, 2.24) is 14.5 Å². The number of hydrogen-bond donors (Lipinski definition) is 1. The highest BCUT2D eigenvalue weighted by atomic mass is 19.4. The minimum Gasteiger partial charge on any atom is -0.468 e. The lowest BCUT2D eigenvalue weighted by molar-refractivity contribution is -0.274. The molecule has 4 rings (SSSR count). The number of aromatic nitrogens is 2. The molecule has 1 atom stereocenters. The number of nitrogens with zero attached hydrogens (tertiary/aromatic N) is 3. The predicted octanol–water partition coefficient (Wildman–Crippen LogP) is 6.20. The quantitative estimate of drug-likeness (QED) is 0.278. The Morgan fingerprint density at radius 3 is 2.51 bits per heavy atom. The number of likely N-dealkylation sites (N-methyl/N-ethyl adjacent to an activating group) is 1. The number of nitrogens with one attached hydrogen (secondary N) is 1. The molecule has 0 bridgehead atoms. The molecule has 1 heterocycles. The van der Waals surface area contributed by atoms with Crippen molar-refractivity contribution >= 4 is 34.5 Å². The van der Waals surface area contributed by atoms with Crippen LogP contribution in [0.3, 0.4) is 0 Å². The normalized spacial score (nSPS) is 17.1. The molecule has 1 aromatic heterocycles. The van der Waals surface area contributed by atoms with Gasteiger partial charge in [0.1, 0.15) is 18.1 Å². The van der Waals surface area contributed by atoms with Crippen LogP contribution >= 0.6 is 0 Å². The van der Waals surface area contributed by atoms with Crippen LogP contribution in [0.5, 0.6) is 5.75 Å². The van der Waals surface area contributed by atoms with E-state index in [2.05, 4.69) is 33.6 Å². The van der Waals surface area contributed by atoms with Crippen molar-refractivity contribution < 1.29 is 36.6 Å². The lowest BCUT2D eigenvalue weighted by atomic mass is 9.75. The molecule has 0 spiro atoms. The summed E-state index contributed by atoms with van der Waals surface area (Å²) in [5.41, 5.74) is 1.07. The summed E-state index contributed by atoms with van der Waals surface area (Å²) in [6, 6.07) is 7.78. The van der Waals surface area contributed by atoms with Gasteiger partial charge < -0.3 is 24.3 Å². The Bertz CT molecular complexity index is 1370. The van der Waals surface area contributed by atoms with Crippen molar-refractivity contribution in [1.29, 1.82) is 0 Å². The standard InChI is InChI=1S/C27H30F4N4O4/c1-26(2)11-5-6-17(14-26)35-22-13-20(28)19(24(37)34(3)15-23(36)38-4)12-21(22)33-25(35)32-16-7-9-18(10-8-16)39-27(29,30)31/h7-10,12-13,17H,5-6,11,14-15H2,1-4H3,(H,32,33)/t17-/m0/s1. The van der Waals surface area contributed by atoms with Crippen molar-refractivity contribution in [3.63, 3.8) is 0 Å². The monoisotopic (exact) mass is 550 g/mol. The molecular formula is C27H30F4N4O4. The zero-order chi connectivity index (χ0) is 28.5. The molecule has 1 N–H and O–H groups in total. The van der Waals surface area contributed by atoms with E-state index >= 15 is 4.39 Å². The van der Waals surface area contributed by atoms with E-state index in [1.54, 1.807) is 0 Å². The number of carbonyl (C=O) groups excluding carboxylic acids is 2. The Hall–Kier alpha value is -3.83. The molecule has 1 aliphatic rings. The number of imidazole rings is 1. The van der Waals surface area contributed by atoms with Crippen LogP contribution in [0.4, 0.5) is 29.2 Å². The Morgan fingerprint density at radius 1 is 1.21 bits per heavy atom. The topological polar surface area (TPSA) is 85.7 Å². The molecule has 0 unspecified atom stereocenters. The number of ether oxygens (including phenoxy) is 2. The van der Waals surface area contributed by atoms with Gasteiger partial charge in [-0.1, -0.05) is 20.3 Å². The molecule has 0 radical (unpaired) electrons. The number of alkyl halides is 3. The number of rotatable bonds is 7. The third kappa shape index (κ3) is 6.61. The van der Waals surface area contributed by atoms with Crippen LogP contribution in [0.25, 0.3) is 11.0 Å². The number of amides is 1. The highest BCUT2D eigenvalue weighted by molar-refractivity contribution is 5.99. The number of esters is 1. The van der Waals surface area contributed by atoms with Gasteiger partial charge in [-0.25, -0.2) is 9.37 Å². The summed E-state index contributed by atoms with van der Waals surface area (Å²) in [6.07, 6.45) is -1.18. The Kier molecular flexibility index (Phi) is 7.76. The van der Waals surface area contributed by atoms with Crippen LogP contribution in [-0.2, 0) is 9.53 Å². The molecule has 12 heteroatoms. The maximum Gasteiger partial charge on any atom is 0.573 e. The fraction of sp³-hybridized carbons (Fsp3) is 0.444. The van der Waals surface area contributed by atoms with Gasteiger partial charge in [0.15, 0.2) is 0 Å². The van der Waals surface area contributed by atoms with Gasteiger partial charge in [-0.3, -0.25) is 9.59 Å². The van der Waals surface area contributed by atoms with Crippen molar-refractivity contribution in [2.75, 3.05) is 26.0 Å². The molecule has 1 fully saturated rings.